The number of carbonyl (C=O) groups excluding carboxylic acids is 1. The Morgan fingerprint density at radius 1 is 1.11 bits per heavy atom. The fraction of sp³-hybridized carbons (Fsp3) is 0.316. The molecule has 1 fully saturated rings. The van der Waals surface area contributed by atoms with Gasteiger partial charge in [0, 0.05) is 25.2 Å². The van der Waals surface area contributed by atoms with Crippen LogP contribution in [0.3, 0.4) is 0 Å². The quantitative estimate of drug-likeness (QED) is 0.794. The highest BCUT2D eigenvalue weighted by Gasteiger charge is 2.22. The van der Waals surface area contributed by atoms with Gasteiger partial charge in [-0.25, -0.2) is 8.42 Å². The second-order valence-corrected chi connectivity index (χ2v) is 8.46. The number of hydrogen-bond donors (Lipinski definition) is 2. The molecule has 0 bridgehead atoms. The van der Waals surface area contributed by atoms with Gasteiger partial charge in [-0.05, 0) is 56.3 Å². The van der Waals surface area contributed by atoms with Gasteiger partial charge < -0.3 is 10.6 Å². The maximum atomic E-state index is 12.7. The Hall–Kier alpha value is -2.09. The summed E-state index contributed by atoms with van der Waals surface area (Å²) in [4.78, 5) is 12.5. The van der Waals surface area contributed by atoms with Crippen LogP contribution in [-0.2, 0) is 10.0 Å². The van der Waals surface area contributed by atoms with Crippen LogP contribution in [0.1, 0.15) is 22.3 Å². The molecule has 6 nitrogen and oxygen atoms in total. The highest BCUT2D eigenvalue weighted by Crippen LogP contribution is 2.22. The second kappa shape index (κ2) is 8.73. The summed E-state index contributed by atoms with van der Waals surface area (Å²) in [5.41, 5.74) is 2.02. The molecule has 146 valence electrons. The van der Waals surface area contributed by atoms with Crippen LogP contribution in [0.15, 0.2) is 53.4 Å². The highest BCUT2D eigenvalue weighted by atomic mass is 35.5. The van der Waals surface area contributed by atoms with E-state index in [9.17, 15) is 13.2 Å². The molecule has 3 rings (SSSR count). The van der Waals surface area contributed by atoms with Crippen LogP contribution >= 0.6 is 12.4 Å². The van der Waals surface area contributed by atoms with Crippen LogP contribution in [0, 0.1) is 6.92 Å². The Bertz CT molecular complexity index is 877. The van der Waals surface area contributed by atoms with Gasteiger partial charge in [-0.1, -0.05) is 17.7 Å². The number of amides is 1. The Labute approximate surface area is 166 Å². The van der Waals surface area contributed by atoms with Gasteiger partial charge >= 0.3 is 0 Å². The molecule has 8 heteroatoms. The van der Waals surface area contributed by atoms with Crippen molar-refractivity contribution in [2.45, 2.75) is 24.3 Å². The molecule has 0 radical (unpaired) electrons. The molecule has 0 aromatic heterocycles. The molecule has 1 aliphatic rings. The lowest BCUT2D eigenvalue weighted by Crippen LogP contribution is -2.36. The zero-order valence-corrected chi connectivity index (χ0v) is 16.9. The molecule has 0 spiro atoms. The van der Waals surface area contributed by atoms with E-state index in [1.165, 1.54) is 11.4 Å². The van der Waals surface area contributed by atoms with Crippen molar-refractivity contribution in [2.24, 2.45) is 0 Å². The smallest absolute Gasteiger partial charge is 0.264 e. The molecular weight excluding hydrogens is 386 g/mol. The Kier molecular flexibility index (Phi) is 6.86. The summed E-state index contributed by atoms with van der Waals surface area (Å²) < 4.78 is 26.7. The minimum atomic E-state index is -3.64. The van der Waals surface area contributed by atoms with Gasteiger partial charge in [0.1, 0.15) is 0 Å². The van der Waals surface area contributed by atoms with Gasteiger partial charge in [0.15, 0.2) is 0 Å². The van der Waals surface area contributed by atoms with Crippen molar-refractivity contribution in [1.82, 2.24) is 10.6 Å². The third kappa shape index (κ3) is 4.80. The highest BCUT2D eigenvalue weighted by molar-refractivity contribution is 7.92. The number of benzene rings is 2. The Morgan fingerprint density at radius 2 is 1.74 bits per heavy atom. The van der Waals surface area contributed by atoms with Crippen LogP contribution in [0.4, 0.5) is 5.69 Å². The molecule has 2 aromatic rings. The first-order valence-corrected chi connectivity index (χ1v) is 9.99. The van der Waals surface area contributed by atoms with Gasteiger partial charge in [0.2, 0.25) is 0 Å². The van der Waals surface area contributed by atoms with E-state index in [4.69, 9.17) is 0 Å². The first-order valence-electron chi connectivity index (χ1n) is 8.55. The second-order valence-electron chi connectivity index (χ2n) is 6.50. The van der Waals surface area contributed by atoms with Crippen LogP contribution in [0.2, 0.25) is 0 Å². The van der Waals surface area contributed by atoms with E-state index >= 15 is 0 Å². The zero-order valence-electron chi connectivity index (χ0n) is 15.3. The number of anilines is 1. The number of rotatable bonds is 5. The fourth-order valence-corrected chi connectivity index (χ4v) is 4.07. The van der Waals surface area contributed by atoms with E-state index < -0.39 is 10.0 Å². The van der Waals surface area contributed by atoms with Gasteiger partial charge in [0.25, 0.3) is 15.9 Å². The lowest BCUT2D eigenvalue weighted by molar-refractivity contribution is 0.0940. The summed E-state index contributed by atoms with van der Waals surface area (Å²) in [6.07, 6.45) is 0.918. The summed E-state index contributed by atoms with van der Waals surface area (Å²) >= 11 is 0. The molecule has 1 unspecified atom stereocenters. The van der Waals surface area contributed by atoms with E-state index in [-0.39, 0.29) is 29.3 Å². The lowest BCUT2D eigenvalue weighted by atomic mass is 10.1. The average molecular weight is 410 g/mol. The molecule has 0 saturated carbocycles. The summed E-state index contributed by atoms with van der Waals surface area (Å²) in [7, 11) is -2.13. The van der Waals surface area contributed by atoms with Crippen molar-refractivity contribution in [3.05, 3.63) is 59.7 Å². The fourth-order valence-electron chi connectivity index (χ4n) is 2.88. The molecular formula is C19H24ClN3O3S. The van der Waals surface area contributed by atoms with Crippen molar-refractivity contribution in [3.63, 3.8) is 0 Å². The normalized spacial score (nSPS) is 16.4. The third-order valence-corrected chi connectivity index (χ3v) is 6.37. The lowest BCUT2D eigenvalue weighted by Gasteiger charge is -2.20. The maximum absolute atomic E-state index is 12.7. The summed E-state index contributed by atoms with van der Waals surface area (Å²) in [5.74, 6) is -0.144. The van der Waals surface area contributed by atoms with E-state index in [0.29, 0.717) is 11.3 Å². The predicted molar refractivity (Wildman–Crippen MR) is 109 cm³/mol. The van der Waals surface area contributed by atoms with Gasteiger partial charge in [0.05, 0.1) is 10.6 Å². The van der Waals surface area contributed by atoms with E-state index in [1.807, 2.05) is 6.92 Å². The standard InChI is InChI=1S/C19H23N3O3S.ClH/c1-14-3-9-18(10-4-14)26(24,25)22(2)17-7-5-15(6-8-17)19(23)21-16-11-12-20-13-16;/h3-10,16,20H,11-13H2,1-2H3,(H,21,23);1H. The van der Waals surface area contributed by atoms with Crippen LogP contribution < -0.4 is 14.9 Å². The monoisotopic (exact) mass is 409 g/mol. The molecule has 1 amide bonds. The minimum Gasteiger partial charge on any atom is -0.348 e. The third-order valence-electron chi connectivity index (χ3n) is 4.57. The average Bonchev–Trinajstić information content (AvgIpc) is 3.14. The van der Waals surface area contributed by atoms with Crippen molar-refractivity contribution in [3.8, 4) is 0 Å². The molecule has 2 aromatic carbocycles. The van der Waals surface area contributed by atoms with E-state index in [1.54, 1.807) is 48.5 Å². The predicted octanol–water partition coefficient (Wildman–Crippen LogP) is 2.33. The topological polar surface area (TPSA) is 78.5 Å². The van der Waals surface area contributed by atoms with Crippen molar-refractivity contribution in [2.75, 3.05) is 24.4 Å². The van der Waals surface area contributed by atoms with E-state index in [2.05, 4.69) is 10.6 Å². The molecule has 1 aliphatic heterocycles. The number of sulfonamides is 1. The number of halogens is 1. The van der Waals surface area contributed by atoms with Crippen LogP contribution in [0.5, 0.6) is 0 Å². The molecule has 0 aliphatic carbocycles. The first kappa shape index (κ1) is 21.2. The zero-order chi connectivity index (χ0) is 18.7. The van der Waals surface area contributed by atoms with Crippen LogP contribution in [-0.4, -0.2) is 40.5 Å². The Balaban J connectivity index is 0.00000261. The van der Waals surface area contributed by atoms with Gasteiger partial charge in [-0.2, -0.15) is 0 Å². The minimum absolute atomic E-state index is 0. The number of hydrogen-bond acceptors (Lipinski definition) is 4. The maximum Gasteiger partial charge on any atom is 0.264 e. The van der Waals surface area contributed by atoms with Crippen LogP contribution in [0.25, 0.3) is 0 Å². The number of nitrogens with one attached hydrogen (secondary N) is 2. The summed E-state index contributed by atoms with van der Waals surface area (Å²) in [6, 6.07) is 13.5. The molecule has 1 saturated heterocycles. The van der Waals surface area contributed by atoms with Crippen molar-refractivity contribution in [1.29, 1.82) is 0 Å². The summed E-state index contributed by atoms with van der Waals surface area (Å²) in [5, 5.41) is 6.17. The molecule has 1 atom stereocenters. The van der Waals surface area contributed by atoms with Crippen molar-refractivity contribution < 1.29 is 13.2 Å². The SMILES string of the molecule is Cc1ccc(S(=O)(=O)N(C)c2ccc(C(=O)NC3CCNC3)cc2)cc1.Cl. The summed E-state index contributed by atoms with van der Waals surface area (Å²) in [6.45, 7) is 3.60. The number of nitrogens with zero attached hydrogens (tertiary/aromatic N) is 1. The molecule has 1 heterocycles. The molecule has 27 heavy (non-hydrogen) atoms. The molecule has 2 N–H and O–H groups in total. The number of carbonyl (C=O) groups is 1. The largest absolute Gasteiger partial charge is 0.348 e. The van der Waals surface area contributed by atoms with Crippen molar-refractivity contribution >= 4 is 34.0 Å². The number of aryl methyl sites for hydroxylation is 1. The first-order chi connectivity index (χ1) is 12.4. The van der Waals surface area contributed by atoms with E-state index in [0.717, 1.165) is 25.1 Å². The van der Waals surface area contributed by atoms with Gasteiger partial charge in [-0.15, -0.1) is 12.4 Å². The van der Waals surface area contributed by atoms with Gasteiger partial charge in [-0.3, -0.25) is 9.10 Å². The Morgan fingerprint density at radius 3 is 2.30 bits per heavy atom.